The van der Waals surface area contributed by atoms with Crippen molar-refractivity contribution >= 4 is 33.0 Å². The van der Waals surface area contributed by atoms with Gasteiger partial charge in [0.25, 0.3) is 0 Å². The van der Waals surface area contributed by atoms with Gasteiger partial charge in [-0.3, -0.25) is 0 Å². The number of nitrogens with zero attached hydrogens (tertiary/aromatic N) is 3. The molecule has 1 aromatic carbocycles. The van der Waals surface area contributed by atoms with Crippen molar-refractivity contribution < 1.29 is 13.5 Å². The van der Waals surface area contributed by atoms with Gasteiger partial charge in [0.2, 0.25) is 0 Å². The van der Waals surface area contributed by atoms with E-state index in [0.717, 1.165) is 0 Å². The van der Waals surface area contributed by atoms with Crippen molar-refractivity contribution in [3.05, 3.63) is 46.5 Å². The number of aliphatic hydroxyl groups is 1. The summed E-state index contributed by atoms with van der Waals surface area (Å²) < 4.78 is 26.5. The van der Waals surface area contributed by atoms with Crippen LogP contribution in [0.4, 0.5) is 0 Å². The third kappa shape index (κ3) is 3.91. The summed E-state index contributed by atoms with van der Waals surface area (Å²) in [5.41, 5.74) is -1.49. The fraction of sp³-hybridized carbons (Fsp3) is 0.467. The Balaban J connectivity index is 2.56. The van der Waals surface area contributed by atoms with Gasteiger partial charge < -0.3 is 5.11 Å². The second kappa shape index (κ2) is 7.39. The molecule has 0 radical (unpaired) electrons. The summed E-state index contributed by atoms with van der Waals surface area (Å²) in [5, 5.41) is 14.8. The molecular weight excluding hydrogens is 373 g/mol. The zero-order valence-corrected chi connectivity index (χ0v) is 15.7. The van der Waals surface area contributed by atoms with Crippen molar-refractivity contribution in [3.8, 4) is 0 Å². The molecule has 2 atom stereocenters. The topological polar surface area (TPSA) is 85.1 Å². The molecule has 0 spiro atoms. The number of hydrogen-bond acceptors (Lipinski definition) is 5. The predicted octanol–water partition coefficient (Wildman–Crippen LogP) is 2.69. The first-order valence-corrected chi connectivity index (χ1v) is 9.89. The molecule has 132 valence electrons. The largest absolute Gasteiger partial charge is 0.382 e. The fourth-order valence-electron chi connectivity index (χ4n) is 2.59. The standard InChI is InChI=1S/C15H19Cl2N3O3S/c1-3-6-24(22,23)11(2)15(21,8-20-10-18-9-19-20)13-5-4-12(16)7-14(13)17/h4-5,7,9-11,21H,3,6,8H2,1-2H3. The highest BCUT2D eigenvalue weighted by atomic mass is 35.5. The number of rotatable bonds is 7. The van der Waals surface area contributed by atoms with E-state index < -0.39 is 20.7 Å². The van der Waals surface area contributed by atoms with E-state index >= 15 is 0 Å². The Kier molecular flexibility index (Phi) is 5.91. The van der Waals surface area contributed by atoms with Crippen molar-refractivity contribution in [1.82, 2.24) is 14.8 Å². The van der Waals surface area contributed by atoms with E-state index in [0.29, 0.717) is 11.4 Å². The highest BCUT2D eigenvalue weighted by Crippen LogP contribution is 2.37. The van der Waals surface area contributed by atoms with Gasteiger partial charge in [-0.2, -0.15) is 5.10 Å². The van der Waals surface area contributed by atoms with Crippen LogP contribution in [0, 0.1) is 0 Å². The van der Waals surface area contributed by atoms with Gasteiger partial charge in [-0.25, -0.2) is 18.1 Å². The zero-order valence-electron chi connectivity index (χ0n) is 13.4. The lowest BCUT2D eigenvalue weighted by molar-refractivity contribution is 0.0145. The molecular formula is C15H19Cl2N3O3S. The van der Waals surface area contributed by atoms with Crippen LogP contribution in [0.3, 0.4) is 0 Å². The average Bonchev–Trinajstić information content (AvgIpc) is 2.98. The highest BCUT2D eigenvalue weighted by Gasteiger charge is 2.44. The molecule has 6 nitrogen and oxygen atoms in total. The lowest BCUT2D eigenvalue weighted by Gasteiger charge is -2.34. The summed E-state index contributed by atoms with van der Waals surface area (Å²) in [6, 6.07) is 4.58. The fourth-order valence-corrected chi connectivity index (χ4v) is 4.88. The molecule has 1 heterocycles. The maximum atomic E-state index is 12.6. The minimum Gasteiger partial charge on any atom is -0.382 e. The second-order valence-electron chi connectivity index (χ2n) is 5.65. The highest BCUT2D eigenvalue weighted by molar-refractivity contribution is 7.92. The number of hydrogen-bond donors (Lipinski definition) is 1. The molecule has 0 saturated heterocycles. The van der Waals surface area contributed by atoms with Crippen LogP contribution in [0.5, 0.6) is 0 Å². The Morgan fingerprint density at radius 2 is 2.08 bits per heavy atom. The first kappa shape index (κ1) is 19.2. The van der Waals surface area contributed by atoms with Crippen molar-refractivity contribution in [2.24, 2.45) is 0 Å². The lowest BCUT2D eigenvalue weighted by Crippen LogP contribution is -2.47. The molecule has 0 saturated carbocycles. The minimum absolute atomic E-state index is 0.0287. The molecule has 9 heteroatoms. The van der Waals surface area contributed by atoms with Crippen LogP contribution in [0.2, 0.25) is 10.0 Å². The number of halogens is 2. The zero-order chi connectivity index (χ0) is 18.0. The number of sulfone groups is 1. The Hall–Kier alpha value is -1.15. The Bertz CT molecular complexity index is 796. The summed E-state index contributed by atoms with van der Waals surface area (Å²) in [6.45, 7) is 3.15. The van der Waals surface area contributed by atoms with Crippen molar-refractivity contribution in [1.29, 1.82) is 0 Å². The second-order valence-corrected chi connectivity index (χ2v) is 8.94. The molecule has 2 unspecified atom stereocenters. The molecule has 1 aromatic heterocycles. The van der Waals surface area contributed by atoms with Crippen LogP contribution in [0.25, 0.3) is 0 Å². The molecule has 0 bridgehead atoms. The van der Waals surface area contributed by atoms with E-state index in [1.54, 1.807) is 19.1 Å². The molecule has 0 fully saturated rings. The van der Waals surface area contributed by atoms with Crippen LogP contribution in [-0.4, -0.2) is 39.3 Å². The molecule has 2 rings (SSSR count). The maximum absolute atomic E-state index is 12.6. The van der Waals surface area contributed by atoms with Crippen LogP contribution in [0.15, 0.2) is 30.9 Å². The molecule has 0 aliphatic heterocycles. The van der Waals surface area contributed by atoms with Gasteiger partial charge in [0.15, 0.2) is 9.84 Å². The molecule has 24 heavy (non-hydrogen) atoms. The third-order valence-corrected chi connectivity index (χ3v) is 6.96. The summed E-state index contributed by atoms with van der Waals surface area (Å²) >= 11 is 12.2. The molecule has 1 N–H and O–H groups in total. The molecule has 0 aliphatic carbocycles. The minimum atomic E-state index is -3.55. The van der Waals surface area contributed by atoms with Crippen LogP contribution >= 0.6 is 23.2 Å². The number of benzene rings is 1. The first-order chi connectivity index (χ1) is 11.2. The van der Waals surface area contributed by atoms with Crippen molar-refractivity contribution in [3.63, 3.8) is 0 Å². The Labute approximate surface area is 151 Å². The van der Waals surface area contributed by atoms with Gasteiger partial charge >= 0.3 is 0 Å². The first-order valence-electron chi connectivity index (χ1n) is 7.42. The van der Waals surface area contributed by atoms with Gasteiger partial charge in [0, 0.05) is 15.6 Å². The molecule has 0 amide bonds. The Morgan fingerprint density at radius 3 is 2.62 bits per heavy atom. The smallest absolute Gasteiger partial charge is 0.156 e. The predicted molar refractivity (Wildman–Crippen MR) is 93.9 cm³/mol. The van der Waals surface area contributed by atoms with Crippen molar-refractivity contribution in [2.45, 2.75) is 37.7 Å². The lowest BCUT2D eigenvalue weighted by atomic mass is 9.90. The maximum Gasteiger partial charge on any atom is 0.156 e. The summed E-state index contributed by atoms with van der Waals surface area (Å²) in [7, 11) is -3.55. The average molecular weight is 392 g/mol. The van der Waals surface area contributed by atoms with E-state index in [1.165, 1.54) is 30.3 Å². The molecule has 2 aromatic rings. The Morgan fingerprint density at radius 1 is 1.38 bits per heavy atom. The quantitative estimate of drug-likeness (QED) is 0.783. The van der Waals surface area contributed by atoms with Crippen LogP contribution < -0.4 is 0 Å². The van der Waals surface area contributed by atoms with Gasteiger partial charge in [-0.05, 0) is 25.5 Å². The SMILES string of the molecule is CCCS(=O)(=O)C(C)C(O)(Cn1cncn1)c1ccc(Cl)cc1Cl. The van der Waals surface area contributed by atoms with E-state index in [1.807, 2.05) is 0 Å². The summed E-state index contributed by atoms with van der Waals surface area (Å²) in [6.07, 6.45) is 3.18. The molecule has 0 aliphatic rings. The van der Waals surface area contributed by atoms with Crippen LogP contribution in [-0.2, 0) is 22.0 Å². The van der Waals surface area contributed by atoms with Gasteiger partial charge in [-0.1, -0.05) is 36.2 Å². The van der Waals surface area contributed by atoms with Gasteiger partial charge in [0.1, 0.15) is 18.3 Å². The third-order valence-electron chi connectivity index (χ3n) is 3.97. The summed E-state index contributed by atoms with van der Waals surface area (Å²) in [4.78, 5) is 3.83. The van der Waals surface area contributed by atoms with E-state index in [4.69, 9.17) is 23.2 Å². The monoisotopic (exact) mass is 391 g/mol. The van der Waals surface area contributed by atoms with E-state index in [2.05, 4.69) is 10.1 Å². The van der Waals surface area contributed by atoms with Crippen molar-refractivity contribution in [2.75, 3.05) is 5.75 Å². The van der Waals surface area contributed by atoms with Crippen LogP contribution in [0.1, 0.15) is 25.8 Å². The summed E-state index contributed by atoms with van der Waals surface area (Å²) in [5.74, 6) is -0.0287. The van der Waals surface area contributed by atoms with E-state index in [-0.39, 0.29) is 22.9 Å². The van der Waals surface area contributed by atoms with E-state index in [9.17, 15) is 13.5 Å². The number of aromatic nitrogens is 3. The van der Waals surface area contributed by atoms with Gasteiger partial charge in [0.05, 0.1) is 17.5 Å². The normalized spacial score (nSPS) is 15.9. The van der Waals surface area contributed by atoms with Gasteiger partial charge in [-0.15, -0.1) is 0 Å².